The third kappa shape index (κ3) is 8.34. The van der Waals surface area contributed by atoms with Gasteiger partial charge in [0.05, 0.1) is 5.16 Å². The van der Waals surface area contributed by atoms with Crippen LogP contribution in [0.4, 0.5) is 0 Å². The van der Waals surface area contributed by atoms with E-state index in [9.17, 15) is 4.79 Å². The molecule has 0 aliphatic rings. The molecule has 0 aliphatic heterocycles. The van der Waals surface area contributed by atoms with Gasteiger partial charge in [-0.1, -0.05) is 103 Å². The zero-order valence-electron chi connectivity index (χ0n) is 18.3. The van der Waals surface area contributed by atoms with Crippen molar-refractivity contribution in [1.29, 1.82) is 0 Å². The molecule has 3 heteroatoms. The molecule has 0 fully saturated rings. The minimum absolute atomic E-state index is 0.273. The first kappa shape index (κ1) is 24.2. The first-order chi connectivity index (χ1) is 12.8. The Kier molecular flexibility index (Phi) is 11.2. The Morgan fingerprint density at radius 3 is 1.96 bits per heavy atom. The highest BCUT2D eigenvalue weighted by Gasteiger charge is 2.38. The van der Waals surface area contributed by atoms with Gasteiger partial charge in [-0.15, -0.1) is 9.24 Å². The maximum Gasteiger partial charge on any atom is 0.237 e. The normalized spacial score (nSPS) is 13.8. The summed E-state index contributed by atoms with van der Waals surface area (Å²) in [7, 11) is 2.95. The molecule has 2 unspecified atom stereocenters. The van der Waals surface area contributed by atoms with E-state index in [-0.39, 0.29) is 5.91 Å². The lowest BCUT2D eigenvalue weighted by Gasteiger charge is -2.37. The van der Waals surface area contributed by atoms with Crippen LogP contribution in [0.5, 0.6) is 0 Å². The number of carbonyl (C=O) groups is 1. The molecule has 0 radical (unpaired) electrons. The van der Waals surface area contributed by atoms with Crippen LogP contribution in [-0.4, -0.2) is 23.9 Å². The van der Waals surface area contributed by atoms with Crippen LogP contribution in [0.15, 0.2) is 30.3 Å². The lowest BCUT2D eigenvalue weighted by atomic mass is 9.89. The Morgan fingerprint density at radius 2 is 1.44 bits per heavy atom. The van der Waals surface area contributed by atoms with Crippen LogP contribution in [0.2, 0.25) is 0 Å². The quantitative estimate of drug-likeness (QED) is 0.272. The van der Waals surface area contributed by atoms with Crippen LogP contribution in [0.3, 0.4) is 0 Å². The van der Waals surface area contributed by atoms with Gasteiger partial charge in [0.2, 0.25) is 5.91 Å². The number of rotatable bonds is 13. The highest BCUT2D eigenvalue weighted by Crippen LogP contribution is 2.39. The monoisotopic (exact) mass is 391 g/mol. The van der Waals surface area contributed by atoms with Gasteiger partial charge in [-0.25, -0.2) is 0 Å². The zero-order valence-corrected chi connectivity index (χ0v) is 19.5. The van der Waals surface area contributed by atoms with Crippen molar-refractivity contribution in [2.24, 2.45) is 11.8 Å². The van der Waals surface area contributed by atoms with Gasteiger partial charge in [-0.05, 0) is 23.8 Å². The Bertz CT molecular complexity index is 518. The van der Waals surface area contributed by atoms with Crippen LogP contribution in [0, 0.1) is 11.8 Å². The Balaban J connectivity index is 2.96. The molecule has 0 saturated carbocycles. The summed E-state index contributed by atoms with van der Waals surface area (Å²) in [6.07, 6.45) is 8.40. The summed E-state index contributed by atoms with van der Waals surface area (Å²) in [4.78, 5) is 15.8. The number of hydrogen-bond acceptors (Lipinski definition) is 1. The van der Waals surface area contributed by atoms with E-state index >= 15 is 0 Å². The summed E-state index contributed by atoms with van der Waals surface area (Å²) in [5, 5.41) is -0.504. The fourth-order valence-electron chi connectivity index (χ4n) is 3.70. The van der Waals surface area contributed by atoms with Crippen LogP contribution in [-0.2, 0) is 9.95 Å². The second kappa shape index (κ2) is 12.6. The molecule has 0 aromatic heterocycles. The van der Waals surface area contributed by atoms with E-state index in [1.165, 1.54) is 32.1 Å². The maximum atomic E-state index is 13.7. The van der Waals surface area contributed by atoms with Gasteiger partial charge in [0.15, 0.2) is 0 Å². The Labute approximate surface area is 170 Å². The molecule has 1 amide bonds. The molecule has 0 heterocycles. The van der Waals surface area contributed by atoms with Gasteiger partial charge < -0.3 is 4.90 Å². The van der Waals surface area contributed by atoms with Gasteiger partial charge in [0.25, 0.3) is 0 Å². The number of nitrogens with zero attached hydrogens (tertiary/aromatic N) is 1. The Hall–Kier alpha value is -0.880. The van der Waals surface area contributed by atoms with E-state index in [4.69, 9.17) is 0 Å². The van der Waals surface area contributed by atoms with E-state index in [1.807, 2.05) is 6.07 Å². The summed E-state index contributed by atoms with van der Waals surface area (Å²) in [5.74, 6) is 1.23. The van der Waals surface area contributed by atoms with Crippen LogP contribution >= 0.6 is 9.24 Å². The fraction of sp³-hybridized carbons (Fsp3) is 0.708. The summed E-state index contributed by atoms with van der Waals surface area (Å²) in [6.45, 7) is 12.7. The Morgan fingerprint density at radius 1 is 0.926 bits per heavy atom. The second-order valence-corrected chi connectivity index (χ2v) is 9.84. The molecular formula is C24H42NOP. The highest BCUT2D eigenvalue weighted by molar-refractivity contribution is 7.20. The molecule has 0 bridgehead atoms. The predicted molar refractivity (Wildman–Crippen MR) is 122 cm³/mol. The van der Waals surface area contributed by atoms with Gasteiger partial charge in [-0.2, -0.15) is 0 Å². The SMILES string of the molecule is CCCCCCCCC(P)(C(=O)N(CC(C)C)CC(C)C)c1ccccc1. The van der Waals surface area contributed by atoms with E-state index in [0.717, 1.165) is 31.5 Å². The minimum Gasteiger partial charge on any atom is -0.341 e. The van der Waals surface area contributed by atoms with E-state index in [0.29, 0.717) is 11.8 Å². The molecule has 1 aromatic rings. The van der Waals surface area contributed by atoms with E-state index in [2.05, 4.69) is 73.0 Å². The van der Waals surface area contributed by atoms with Crippen molar-refractivity contribution in [2.75, 3.05) is 13.1 Å². The molecule has 0 aliphatic carbocycles. The van der Waals surface area contributed by atoms with Crippen molar-refractivity contribution < 1.29 is 4.79 Å². The molecule has 1 aromatic carbocycles. The molecule has 0 spiro atoms. The average molecular weight is 392 g/mol. The van der Waals surface area contributed by atoms with Crippen LogP contribution < -0.4 is 0 Å². The standard InChI is InChI=1S/C24H42NOP/c1-6-7-8-9-10-14-17-24(27,22-15-12-11-13-16-22)23(26)25(18-20(2)3)19-21(4)5/h11-13,15-16,20-21H,6-10,14,17-19,27H2,1-5H3. The summed E-state index contributed by atoms with van der Waals surface area (Å²) in [6, 6.07) is 10.4. The van der Waals surface area contributed by atoms with Crippen molar-refractivity contribution in [3.05, 3.63) is 35.9 Å². The van der Waals surface area contributed by atoms with Gasteiger partial charge in [0.1, 0.15) is 0 Å². The number of unbranched alkanes of at least 4 members (excludes halogenated alkanes) is 5. The van der Waals surface area contributed by atoms with E-state index < -0.39 is 5.16 Å². The lowest BCUT2D eigenvalue weighted by Crippen LogP contribution is -2.46. The van der Waals surface area contributed by atoms with Crippen LogP contribution in [0.25, 0.3) is 0 Å². The third-order valence-corrected chi connectivity index (χ3v) is 5.92. The van der Waals surface area contributed by atoms with Gasteiger partial charge in [0, 0.05) is 13.1 Å². The predicted octanol–water partition coefficient (Wildman–Crippen LogP) is 6.65. The summed E-state index contributed by atoms with van der Waals surface area (Å²) in [5.41, 5.74) is 1.13. The number of benzene rings is 1. The van der Waals surface area contributed by atoms with Crippen LogP contribution in [0.1, 0.15) is 85.1 Å². The highest BCUT2D eigenvalue weighted by atomic mass is 31.0. The fourth-order valence-corrected chi connectivity index (χ4v) is 4.28. The molecule has 0 saturated heterocycles. The maximum absolute atomic E-state index is 13.7. The van der Waals surface area contributed by atoms with Crippen molar-refractivity contribution >= 4 is 15.1 Å². The van der Waals surface area contributed by atoms with Gasteiger partial charge in [-0.3, -0.25) is 4.79 Å². The molecular weight excluding hydrogens is 349 g/mol. The number of hydrogen-bond donors (Lipinski definition) is 0. The molecule has 1 rings (SSSR count). The zero-order chi connectivity index (χ0) is 20.3. The molecule has 2 nitrogen and oxygen atoms in total. The number of amides is 1. The van der Waals surface area contributed by atoms with E-state index in [1.54, 1.807) is 0 Å². The molecule has 2 atom stereocenters. The van der Waals surface area contributed by atoms with Crippen molar-refractivity contribution in [2.45, 2.75) is 84.7 Å². The first-order valence-electron chi connectivity index (χ1n) is 10.9. The largest absolute Gasteiger partial charge is 0.341 e. The topological polar surface area (TPSA) is 20.3 Å². The summed E-state index contributed by atoms with van der Waals surface area (Å²) >= 11 is 0. The average Bonchev–Trinajstić information content (AvgIpc) is 2.63. The third-order valence-electron chi connectivity index (χ3n) is 5.05. The van der Waals surface area contributed by atoms with Crippen molar-refractivity contribution in [3.63, 3.8) is 0 Å². The van der Waals surface area contributed by atoms with Crippen molar-refractivity contribution in [1.82, 2.24) is 4.90 Å². The number of carbonyl (C=O) groups excluding carboxylic acids is 1. The smallest absolute Gasteiger partial charge is 0.237 e. The van der Waals surface area contributed by atoms with Gasteiger partial charge >= 0.3 is 0 Å². The lowest BCUT2D eigenvalue weighted by molar-refractivity contribution is -0.135. The molecule has 27 heavy (non-hydrogen) atoms. The summed E-state index contributed by atoms with van der Waals surface area (Å²) < 4.78 is 0. The molecule has 154 valence electrons. The minimum atomic E-state index is -0.504. The second-order valence-electron chi connectivity index (χ2n) is 8.85. The van der Waals surface area contributed by atoms with Crippen molar-refractivity contribution in [3.8, 4) is 0 Å². The molecule has 0 N–H and O–H groups in total. The first-order valence-corrected chi connectivity index (χ1v) is 11.5.